The van der Waals surface area contributed by atoms with Crippen molar-refractivity contribution in [1.82, 2.24) is 4.98 Å². The first-order chi connectivity index (χ1) is 13.6. The number of carbonyl (C=O) groups excluding carboxylic acids is 2. The van der Waals surface area contributed by atoms with Gasteiger partial charge in [0.05, 0.1) is 0 Å². The second kappa shape index (κ2) is 7.43. The van der Waals surface area contributed by atoms with Crippen LogP contribution >= 0.6 is 0 Å². The molecular formula is C23H23N3O2. The van der Waals surface area contributed by atoms with E-state index in [-0.39, 0.29) is 11.8 Å². The lowest BCUT2D eigenvalue weighted by Crippen LogP contribution is -2.40. The summed E-state index contributed by atoms with van der Waals surface area (Å²) in [6.07, 6.45) is 5.90. The molecule has 0 saturated carbocycles. The molecule has 4 rings (SSSR count). The van der Waals surface area contributed by atoms with E-state index in [2.05, 4.69) is 11.1 Å². The van der Waals surface area contributed by atoms with E-state index in [1.54, 1.807) is 12.1 Å². The first-order valence-corrected chi connectivity index (χ1v) is 9.61. The van der Waals surface area contributed by atoms with Gasteiger partial charge in [-0.15, -0.1) is 0 Å². The molecule has 0 spiro atoms. The molecule has 1 atom stereocenters. The van der Waals surface area contributed by atoms with Crippen molar-refractivity contribution in [2.75, 3.05) is 11.4 Å². The van der Waals surface area contributed by atoms with Crippen molar-refractivity contribution in [3.8, 4) is 0 Å². The zero-order valence-electron chi connectivity index (χ0n) is 15.9. The minimum atomic E-state index is -0.443. The van der Waals surface area contributed by atoms with Crippen LogP contribution in [0.4, 0.5) is 5.69 Å². The SMILES string of the molecule is CC(Cc1cncc2ccccc12)C(=O)N1CCCc2c(C(N)=O)cccc21. The summed E-state index contributed by atoms with van der Waals surface area (Å²) in [7, 11) is 0. The van der Waals surface area contributed by atoms with Crippen LogP contribution in [-0.2, 0) is 17.6 Å². The standard InChI is InChI=1S/C23H23N3O2/c1-15(12-17-14-25-13-16-6-2-3-7-18(16)17)23(28)26-11-5-9-19-20(22(24)27)8-4-10-21(19)26/h2-4,6-8,10,13-15H,5,9,11-12H2,1H3,(H2,24,27). The van der Waals surface area contributed by atoms with E-state index in [9.17, 15) is 9.59 Å². The first-order valence-electron chi connectivity index (χ1n) is 9.61. The monoisotopic (exact) mass is 373 g/mol. The number of anilines is 1. The largest absolute Gasteiger partial charge is 0.366 e. The summed E-state index contributed by atoms with van der Waals surface area (Å²) < 4.78 is 0. The van der Waals surface area contributed by atoms with Gasteiger partial charge in [-0.05, 0) is 47.9 Å². The maximum absolute atomic E-state index is 13.3. The molecule has 1 aliphatic heterocycles. The molecule has 5 heteroatoms. The van der Waals surface area contributed by atoms with E-state index in [0.29, 0.717) is 18.5 Å². The highest BCUT2D eigenvalue weighted by Crippen LogP contribution is 2.31. The minimum Gasteiger partial charge on any atom is -0.366 e. The molecular weight excluding hydrogens is 350 g/mol. The van der Waals surface area contributed by atoms with Gasteiger partial charge in [-0.25, -0.2) is 0 Å². The van der Waals surface area contributed by atoms with E-state index < -0.39 is 5.91 Å². The van der Waals surface area contributed by atoms with Gasteiger partial charge in [0.1, 0.15) is 0 Å². The van der Waals surface area contributed by atoms with Crippen molar-refractivity contribution in [3.63, 3.8) is 0 Å². The normalized spacial score (nSPS) is 14.5. The van der Waals surface area contributed by atoms with E-state index in [1.807, 2.05) is 48.5 Å². The Balaban J connectivity index is 1.62. The van der Waals surface area contributed by atoms with Crippen LogP contribution < -0.4 is 10.6 Å². The number of fused-ring (bicyclic) bond motifs is 2. The minimum absolute atomic E-state index is 0.0653. The summed E-state index contributed by atoms with van der Waals surface area (Å²) in [6.45, 7) is 2.61. The number of pyridine rings is 1. The number of benzene rings is 2. The van der Waals surface area contributed by atoms with Gasteiger partial charge in [-0.2, -0.15) is 0 Å². The number of hydrogen-bond acceptors (Lipinski definition) is 3. The van der Waals surface area contributed by atoms with Gasteiger partial charge in [0, 0.05) is 41.5 Å². The highest BCUT2D eigenvalue weighted by molar-refractivity contribution is 6.01. The topological polar surface area (TPSA) is 76.3 Å². The molecule has 0 radical (unpaired) electrons. The summed E-state index contributed by atoms with van der Waals surface area (Å²) >= 11 is 0. The molecule has 2 aromatic carbocycles. The fourth-order valence-corrected chi connectivity index (χ4v) is 4.11. The summed E-state index contributed by atoms with van der Waals surface area (Å²) in [6, 6.07) is 13.5. The Labute approximate surface area is 164 Å². The average molecular weight is 373 g/mol. The van der Waals surface area contributed by atoms with Crippen molar-refractivity contribution >= 4 is 28.3 Å². The smallest absolute Gasteiger partial charge is 0.249 e. The highest BCUT2D eigenvalue weighted by atomic mass is 16.2. The van der Waals surface area contributed by atoms with Crippen LogP contribution in [0.25, 0.3) is 10.8 Å². The molecule has 0 saturated heterocycles. The molecule has 5 nitrogen and oxygen atoms in total. The third-order valence-electron chi connectivity index (χ3n) is 5.48. The molecule has 2 amide bonds. The van der Waals surface area contributed by atoms with Crippen LogP contribution in [0.15, 0.2) is 54.9 Å². The highest BCUT2D eigenvalue weighted by Gasteiger charge is 2.28. The molecule has 2 heterocycles. The predicted octanol–water partition coefficient (Wildman–Crippen LogP) is 3.49. The first kappa shape index (κ1) is 18.2. The molecule has 0 bridgehead atoms. The van der Waals surface area contributed by atoms with E-state index in [0.717, 1.165) is 40.4 Å². The Kier molecular flexibility index (Phi) is 4.82. The predicted molar refractivity (Wildman–Crippen MR) is 110 cm³/mol. The number of carbonyl (C=O) groups is 2. The fraction of sp³-hybridized carbons (Fsp3) is 0.261. The maximum atomic E-state index is 13.3. The number of hydrogen-bond donors (Lipinski definition) is 1. The Hall–Kier alpha value is -3.21. The summed E-state index contributed by atoms with van der Waals surface area (Å²) in [5, 5.41) is 2.21. The molecule has 1 aliphatic rings. The van der Waals surface area contributed by atoms with Crippen LogP contribution in [-0.4, -0.2) is 23.3 Å². The Morgan fingerprint density at radius 2 is 1.96 bits per heavy atom. The van der Waals surface area contributed by atoms with Gasteiger partial charge < -0.3 is 10.6 Å². The molecule has 1 unspecified atom stereocenters. The van der Waals surface area contributed by atoms with Crippen molar-refractivity contribution in [2.45, 2.75) is 26.2 Å². The Morgan fingerprint density at radius 1 is 1.14 bits per heavy atom. The Morgan fingerprint density at radius 3 is 2.79 bits per heavy atom. The maximum Gasteiger partial charge on any atom is 0.249 e. The quantitative estimate of drug-likeness (QED) is 0.760. The van der Waals surface area contributed by atoms with Gasteiger partial charge in [-0.1, -0.05) is 37.3 Å². The number of primary amides is 1. The summed E-state index contributed by atoms with van der Waals surface area (Å²) in [5.74, 6) is -0.577. The molecule has 1 aromatic heterocycles. The lowest BCUT2D eigenvalue weighted by Gasteiger charge is -2.32. The third-order valence-corrected chi connectivity index (χ3v) is 5.48. The molecule has 2 N–H and O–H groups in total. The zero-order valence-corrected chi connectivity index (χ0v) is 15.9. The molecule has 3 aromatic rings. The van der Waals surface area contributed by atoms with E-state index >= 15 is 0 Å². The van der Waals surface area contributed by atoms with Gasteiger partial charge in [0.15, 0.2) is 0 Å². The second-order valence-corrected chi connectivity index (χ2v) is 7.39. The van der Waals surface area contributed by atoms with Crippen LogP contribution in [0.2, 0.25) is 0 Å². The lowest BCUT2D eigenvalue weighted by atomic mass is 9.93. The molecule has 28 heavy (non-hydrogen) atoms. The van der Waals surface area contributed by atoms with E-state index in [1.165, 1.54) is 0 Å². The fourth-order valence-electron chi connectivity index (χ4n) is 4.11. The van der Waals surface area contributed by atoms with E-state index in [4.69, 9.17) is 5.73 Å². The molecule has 0 aliphatic carbocycles. The van der Waals surface area contributed by atoms with Crippen LogP contribution in [0.3, 0.4) is 0 Å². The Bertz CT molecular complexity index is 1060. The number of nitrogens with two attached hydrogens (primary N) is 1. The third kappa shape index (κ3) is 3.24. The van der Waals surface area contributed by atoms with Gasteiger partial charge in [-0.3, -0.25) is 14.6 Å². The molecule has 142 valence electrons. The number of nitrogens with zero attached hydrogens (tertiary/aromatic N) is 2. The number of rotatable bonds is 4. The van der Waals surface area contributed by atoms with Gasteiger partial charge in [0.2, 0.25) is 11.8 Å². The summed E-state index contributed by atoms with van der Waals surface area (Å²) in [4.78, 5) is 31.2. The lowest BCUT2D eigenvalue weighted by molar-refractivity contribution is -0.122. The molecule has 0 fully saturated rings. The van der Waals surface area contributed by atoms with Crippen molar-refractivity contribution in [1.29, 1.82) is 0 Å². The average Bonchev–Trinajstić information content (AvgIpc) is 2.72. The van der Waals surface area contributed by atoms with Gasteiger partial charge in [0.25, 0.3) is 0 Å². The van der Waals surface area contributed by atoms with Gasteiger partial charge >= 0.3 is 0 Å². The van der Waals surface area contributed by atoms with Crippen molar-refractivity contribution in [3.05, 3.63) is 71.5 Å². The van der Waals surface area contributed by atoms with Crippen LogP contribution in [0.5, 0.6) is 0 Å². The van der Waals surface area contributed by atoms with Crippen LogP contribution in [0, 0.1) is 5.92 Å². The summed E-state index contributed by atoms with van der Waals surface area (Å²) in [5.41, 5.74) is 8.81. The zero-order chi connectivity index (χ0) is 19.7. The van der Waals surface area contributed by atoms with Crippen molar-refractivity contribution in [2.24, 2.45) is 11.7 Å². The second-order valence-electron chi connectivity index (χ2n) is 7.39. The number of amides is 2. The van der Waals surface area contributed by atoms with Crippen LogP contribution in [0.1, 0.15) is 34.8 Å². The number of aromatic nitrogens is 1. The van der Waals surface area contributed by atoms with Crippen molar-refractivity contribution < 1.29 is 9.59 Å².